The number of nitrogens with two attached hydrogens (primary N) is 3. The van der Waals surface area contributed by atoms with Gasteiger partial charge in [0.15, 0.2) is 0 Å². The van der Waals surface area contributed by atoms with E-state index in [2.05, 4.69) is 16.0 Å². The molecule has 0 aliphatic rings. The highest BCUT2D eigenvalue weighted by Crippen LogP contribution is 2.07. The van der Waals surface area contributed by atoms with Gasteiger partial charge in [-0.3, -0.25) is 24.0 Å². The van der Waals surface area contributed by atoms with Gasteiger partial charge in [-0.25, -0.2) is 4.79 Å². The predicted molar refractivity (Wildman–Crippen MR) is 120 cm³/mol. The first-order chi connectivity index (χ1) is 15.8. The molecule has 0 aliphatic heterocycles. The molecule has 14 nitrogen and oxygen atoms in total. The fourth-order valence-electron chi connectivity index (χ4n) is 2.81. The van der Waals surface area contributed by atoms with E-state index in [1.807, 2.05) is 0 Å². The Kier molecular flexibility index (Phi) is 14.1. The Labute approximate surface area is 197 Å². The fourth-order valence-corrected chi connectivity index (χ4v) is 2.81. The maximum absolute atomic E-state index is 12.9. The van der Waals surface area contributed by atoms with Crippen LogP contribution in [0.5, 0.6) is 0 Å². The molecule has 0 rings (SSSR count). The lowest BCUT2D eigenvalue weighted by Gasteiger charge is -2.25. The Bertz CT molecular complexity index is 745. The van der Waals surface area contributed by atoms with Gasteiger partial charge in [0, 0.05) is 6.42 Å². The number of amides is 4. The van der Waals surface area contributed by atoms with Gasteiger partial charge in [0.1, 0.15) is 18.1 Å². The number of nitrogens with one attached hydrogen (secondary N) is 3. The highest BCUT2D eigenvalue weighted by atomic mass is 16.4. The van der Waals surface area contributed by atoms with E-state index < -0.39 is 66.2 Å². The minimum atomic E-state index is -1.71. The van der Waals surface area contributed by atoms with Crippen molar-refractivity contribution in [2.24, 2.45) is 23.1 Å². The molecule has 4 amide bonds. The lowest BCUT2D eigenvalue weighted by Crippen LogP contribution is -2.57. The van der Waals surface area contributed by atoms with Crippen LogP contribution in [-0.4, -0.2) is 76.5 Å². The molecule has 11 N–H and O–H groups in total. The summed E-state index contributed by atoms with van der Waals surface area (Å²) in [5, 5.41) is 25.0. The molecular weight excluding hydrogens is 452 g/mol. The molecule has 0 aromatic rings. The molecule has 0 spiro atoms. The van der Waals surface area contributed by atoms with Crippen LogP contribution in [0.25, 0.3) is 0 Å². The van der Waals surface area contributed by atoms with Crippen molar-refractivity contribution >= 4 is 35.6 Å². The van der Waals surface area contributed by atoms with Crippen molar-refractivity contribution < 1.29 is 39.0 Å². The van der Waals surface area contributed by atoms with Gasteiger partial charge in [-0.1, -0.05) is 13.8 Å². The number of carbonyl (C=O) groups excluding carboxylic acids is 4. The van der Waals surface area contributed by atoms with Crippen LogP contribution < -0.4 is 33.2 Å². The van der Waals surface area contributed by atoms with E-state index in [0.29, 0.717) is 19.4 Å². The quantitative estimate of drug-likeness (QED) is 0.0988. The normalized spacial score (nSPS) is 14.4. The lowest BCUT2D eigenvalue weighted by atomic mass is 10.0. The molecular formula is C20H36N6O8. The van der Waals surface area contributed by atoms with Crippen molar-refractivity contribution in [1.29, 1.82) is 0 Å². The molecule has 0 fully saturated rings. The first-order valence-electron chi connectivity index (χ1n) is 10.9. The summed E-state index contributed by atoms with van der Waals surface area (Å²) in [6.07, 6.45) is -0.306. The number of carboxylic acids is 2. The summed E-state index contributed by atoms with van der Waals surface area (Å²) < 4.78 is 0. The van der Waals surface area contributed by atoms with E-state index in [-0.39, 0.29) is 25.2 Å². The highest BCUT2D eigenvalue weighted by molar-refractivity contribution is 5.94. The van der Waals surface area contributed by atoms with Crippen LogP contribution in [-0.2, 0) is 28.8 Å². The van der Waals surface area contributed by atoms with E-state index in [0.717, 1.165) is 0 Å². The van der Waals surface area contributed by atoms with Crippen molar-refractivity contribution in [3.05, 3.63) is 0 Å². The van der Waals surface area contributed by atoms with Crippen molar-refractivity contribution in [1.82, 2.24) is 16.0 Å². The Morgan fingerprint density at radius 2 is 1.29 bits per heavy atom. The third-order valence-corrected chi connectivity index (χ3v) is 4.91. The monoisotopic (exact) mass is 488 g/mol. The van der Waals surface area contributed by atoms with Crippen LogP contribution in [0.15, 0.2) is 0 Å². The number of unbranched alkanes of at least 4 members (excludes halogenated alkanes) is 1. The molecule has 0 saturated heterocycles. The van der Waals surface area contributed by atoms with E-state index >= 15 is 0 Å². The molecule has 0 aliphatic carbocycles. The smallest absolute Gasteiger partial charge is 0.326 e. The van der Waals surface area contributed by atoms with Crippen molar-refractivity contribution in [3.63, 3.8) is 0 Å². The molecule has 4 atom stereocenters. The lowest BCUT2D eigenvalue weighted by molar-refractivity contribution is -0.147. The van der Waals surface area contributed by atoms with Gasteiger partial charge in [0.2, 0.25) is 23.6 Å². The van der Waals surface area contributed by atoms with Gasteiger partial charge in [0.05, 0.1) is 12.5 Å². The summed E-state index contributed by atoms with van der Waals surface area (Å²) >= 11 is 0. The Hall–Kier alpha value is -3.26. The van der Waals surface area contributed by atoms with E-state index in [1.165, 1.54) is 0 Å². The second kappa shape index (κ2) is 15.6. The molecule has 0 heterocycles. The molecule has 34 heavy (non-hydrogen) atoms. The first kappa shape index (κ1) is 30.7. The third-order valence-electron chi connectivity index (χ3n) is 4.91. The van der Waals surface area contributed by atoms with Gasteiger partial charge in [-0.15, -0.1) is 0 Å². The van der Waals surface area contributed by atoms with Gasteiger partial charge in [-0.05, 0) is 38.1 Å². The minimum absolute atomic E-state index is 0.0657. The molecule has 0 radical (unpaired) electrons. The molecule has 4 unspecified atom stereocenters. The third kappa shape index (κ3) is 12.1. The van der Waals surface area contributed by atoms with Gasteiger partial charge in [0.25, 0.3) is 0 Å². The summed E-state index contributed by atoms with van der Waals surface area (Å²) in [5.74, 6) is -6.32. The van der Waals surface area contributed by atoms with Crippen molar-refractivity contribution in [3.8, 4) is 0 Å². The maximum Gasteiger partial charge on any atom is 0.326 e. The van der Waals surface area contributed by atoms with Gasteiger partial charge >= 0.3 is 11.9 Å². The standard InChI is InChI=1S/C20H36N6O8/c1-10(2)16(23)19(32)25-12(6-7-14(22)27)18(31)24-11(5-3-4-8-21)17(30)26-13(20(33)34)9-15(28)29/h10-13,16H,3-9,21,23H2,1-2H3,(H2,22,27)(H,24,31)(H,25,32)(H,26,30)(H,28,29)(H,33,34). The Morgan fingerprint density at radius 3 is 1.74 bits per heavy atom. The zero-order valence-corrected chi connectivity index (χ0v) is 19.4. The molecule has 0 saturated carbocycles. The van der Waals surface area contributed by atoms with E-state index in [9.17, 15) is 28.8 Å². The molecule has 194 valence electrons. The molecule has 14 heteroatoms. The number of rotatable bonds is 17. The predicted octanol–water partition coefficient (Wildman–Crippen LogP) is -2.62. The molecule has 0 aromatic carbocycles. The number of carboxylic acid groups (broad SMARTS) is 2. The summed E-state index contributed by atoms with van der Waals surface area (Å²) in [6.45, 7) is 3.72. The van der Waals surface area contributed by atoms with Crippen LogP contribution in [0.2, 0.25) is 0 Å². The first-order valence-corrected chi connectivity index (χ1v) is 10.9. The van der Waals surface area contributed by atoms with Crippen LogP contribution in [0.4, 0.5) is 0 Å². The largest absolute Gasteiger partial charge is 0.481 e. The second-order valence-electron chi connectivity index (χ2n) is 8.18. The van der Waals surface area contributed by atoms with Crippen LogP contribution in [0.3, 0.4) is 0 Å². The minimum Gasteiger partial charge on any atom is -0.481 e. The molecule has 0 bridgehead atoms. The average Bonchev–Trinajstić information content (AvgIpc) is 2.73. The van der Waals surface area contributed by atoms with Crippen LogP contribution in [0, 0.1) is 5.92 Å². The second-order valence-corrected chi connectivity index (χ2v) is 8.18. The molecule has 0 aromatic heterocycles. The maximum atomic E-state index is 12.9. The fraction of sp³-hybridized carbons (Fsp3) is 0.700. The van der Waals surface area contributed by atoms with E-state index in [1.54, 1.807) is 13.8 Å². The van der Waals surface area contributed by atoms with Crippen LogP contribution >= 0.6 is 0 Å². The highest BCUT2D eigenvalue weighted by Gasteiger charge is 2.31. The Balaban J connectivity index is 5.60. The zero-order valence-electron chi connectivity index (χ0n) is 19.4. The number of hydrogen-bond acceptors (Lipinski definition) is 8. The van der Waals surface area contributed by atoms with Gasteiger partial charge in [-0.2, -0.15) is 0 Å². The van der Waals surface area contributed by atoms with E-state index in [4.69, 9.17) is 27.4 Å². The SMILES string of the molecule is CC(C)C(N)C(=O)NC(CCC(N)=O)C(=O)NC(CCCCN)C(=O)NC(CC(=O)O)C(=O)O. The number of hydrogen-bond donors (Lipinski definition) is 8. The summed E-state index contributed by atoms with van der Waals surface area (Å²) in [5.41, 5.74) is 16.4. The topological polar surface area (TPSA) is 257 Å². The summed E-state index contributed by atoms with van der Waals surface area (Å²) in [6, 6.07) is -5.14. The summed E-state index contributed by atoms with van der Waals surface area (Å²) in [7, 11) is 0. The van der Waals surface area contributed by atoms with Gasteiger partial charge < -0.3 is 43.4 Å². The Morgan fingerprint density at radius 1 is 0.794 bits per heavy atom. The zero-order chi connectivity index (χ0) is 26.4. The number of aliphatic carboxylic acids is 2. The van der Waals surface area contributed by atoms with Crippen molar-refractivity contribution in [2.45, 2.75) is 76.5 Å². The van der Waals surface area contributed by atoms with Crippen LogP contribution in [0.1, 0.15) is 52.4 Å². The average molecular weight is 489 g/mol. The summed E-state index contributed by atoms with van der Waals surface area (Å²) in [4.78, 5) is 71.3. The number of primary amides is 1. The van der Waals surface area contributed by atoms with Crippen molar-refractivity contribution in [2.75, 3.05) is 6.54 Å². The number of carbonyl (C=O) groups is 6.